The first-order valence-corrected chi connectivity index (χ1v) is 12.5. The zero-order valence-electron chi connectivity index (χ0n) is 20.5. The lowest BCUT2D eigenvalue weighted by Crippen LogP contribution is -2.57. The summed E-state index contributed by atoms with van der Waals surface area (Å²) >= 11 is 0. The summed E-state index contributed by atoms with van der Waals surface area (Å²) in [6, 6.07) is 8.61. The van der Waals surface area contributed by atoms with E-state index in [1.807, 2.05) is 32.0 Å². The fraction of sp³-hybridized carbons (Fsp3) is 0.444. The number of likely N-dealkylation sites (tertiary alicyclic amines) is 1. The highest BCUT2D eigenvalue weighted by atomic mass is 19.4. The Morgan fingerprint density at radius 1 is 1.19 bits per heavy atom. The molecule has 1 amide bonds. The molecule has 2 atom stereocenters. The van der Waals surface area contributed by atoms with Crippen molar-refractivity contribution in [1.82, 2.24) is 19.7 Å². The van der Waals surface area contributed by atoms with Crippen molar-refractivity contribution in [2.45, 2.75) is 45.0 Å². The van der Waals surface area contributed by atoms with Crippen LogP contribution in [-0.2, 0) is 6.54 Å². The molecular formula is C27H27F3N4O3. The van der Waals surface area contributed by atoms with E-state index in [1.54, 1.807) is 11.0 Å². The number of aliphatic hydroxyl groups is 1. The molecule has 7 nitrogen and oxygen atoms in total. The van der Waals surface area contributed by atoms with Crippen molar-refractivity contribution in [3.8, 4) is 11.3 Å². The zero-order valence-corrected chi connectivity index (χ0v) is 20.5. The van der Waals surface area contributed by atoms with Gasteiger partial charge in [-0.3, -0.25) is 14.5 Å². The molecule has 1 aliphatic carbocycles. The third-order valence-electron chi connectivity index (χ3n) is 8.19. The minimum absolute atomic E-state index is 0.0318. The number of rotatable bonds is 4. The predicted octanol–water partition coefficient (Wildman–Crippen LogP) is 5.28. The largest absolute Gasteiger partial charge is 0.464 e. The maximum Gasteiger partial charge on any atom is 0.408 e. The first-order valence-electron chi connectivity index (χ1n) is 12.5. The standard InChI is InChI=1S/C27H27F3N4O3/c1-15(2)27(36)16-7-8-17(27)12-33(11-16)25(35)21-9-22-19(10-31-21)24(32-34(22)14-26(28,29)30)20-13-37-23-6-4-3-5-18(20)23/h3-6,9-10,13,15-17,36H,7-8,11-12,14H2,1-2H3. The summed E-state index contributed by atoms with van der Waals surface area (Å²) in [4.78, 5) is 19.5. The zero-order chi connectivity index (χ0) is 26.1. The Balaban J connectivity index is 1.39. The summed E-state index contributed by atoms with van der Waals surface area (Å²) in [7, 11) is 0. The van der Waals surface area contributed by atoms with Gasteiger partial charge in [0.25, 0.3) is 5.91 Å². The molecule has 1 N–H and O–H groups in total. The number of halogens is 3. The molecule has 3 aromatic heterocycles. The summed E-state index contributed by atoms with van der Waals surface area (Å²) in [6.07, 6.45) is 0.0762. The molecule has 0 spiro atoms. The smallest absolute Gasteiger partial charge is 0.408 e. The third kappa shape index (κ3) is 3.80. The number of alkyl halides is 3. The quantitative estimate of drug-likeness (QED) is 0.403. The van der Waals surface area contributed by atoms with Gasteiger partial charge in [-0.2, -0.15) is 18.3 Å². The average molecular weight is 513 g/mol. The number of hydrogen-bond donors (Lipinski definition) is 1. The van der Waals surface area contributed by atoms with Gasteiger partial charge in [0.2, 0.25) is 0 Å². The number of benzene rings is 1. The lowest BCUT2D eigenvalue weighted by Gasteiger charge is -2.46. The van der Waals surface area contributed by atoms with Gasteiger partial charge >= 0.3 is 6.18 Å². The SMILES string of the molecule is CC(C)C1(O)C2CCC1CN(C(=O)c1cc3c(cn1)c(-c1coc4ccccc14)nn3CC(F)(F)F)C2. The number of fused-ring (bicyclic) bond motifs is 4. The number of para-hydroxylation sites is 1. The Kier molecular flexibility index (Phi) is 5.38. The van der Waals surface area contributed by atoms with E-state index >= 15 is 0 Å². The predicted molar refractivity (Wildman–Crippen MR) is 131 cm³/mol. The summed E-state index contributed by atoms with van der Waals surface area (Å²) < 4.78 is 46.9. The van der Waals surface area contributed by atoms with Crippen LogP contribution in [0.2, 0.25) is 0 Å². The van der Waals surface area contributed by atoms with Crippen LogP contribution >= 0.6 is 0 Å². The van der Waals surface area contributed by atoms with E-state index in [2.05, 4.69) is 10.1 Å². The molecule has 2 aliphatic rings. The fourth-order valence-corrected chi connectivity index (χ4v) is 6.39. The molecule has 1 aliphatic heterocycles. The van der Waals surface area contributed by atoms with Gasteiger partial charge in [0.05, 0.1) is 11.1 Å². The van der Waals surface area contributed by atoms with Crippen molar-refractivity contribution in [3.63, 3.8) is 0 Å². The molecule has 0 radical (unpaired) electrons. The molecule has 4 heterocycles. The molecule has 1 saturated carbocycles. The molecule has 2 fully saturated rings. The molecule has 10 heteroatoms. The van der Waals surface area contributed by atoms with E-state index in [4.69, 9.17) is 4.42 Å². The van der Waals surface area contributed by atoms with Gasteiger partial charge in [0, 0.05) is 47.5 Å². The van der Waals surface area contributed by atoms with E-state index in [0.717, 1.165) is 22.9 Å². The first kappa shape index (κ1) is 24.0. The number of amides is 1. The number of furan rings is 1. The normalized spacial score (nSPS) is 24.0. The van der Waals surface area contributed by atoms with E-state index in [1.165, 1.54) is 18.5 Å². The number of nitrogens with zero attached hydrogens (tertiary/aromatic N) is 4. The van der Waals surface area contributed by atoms with E-state index in [0.29, 0.717) is 35.3 Å². The van der Waals surface area contributed by atoms with Crippen molar-refractivity contribution < 1.29 is 27.5 Å². The van der Waals surface area contributed by atoms with E-state index in [-0.39, 0.29) is 34.9 Å². The second-order valence-electron chi connectivity index (χ2n) is 10.6. The van der Waals surface area contributed by atoms with Gasteiger partial charge in [-0.25, -0.2) is 0 Å². The summed E-state index contributed by atoms with van der Waals surface area (Å²) in [5.41, 5.74) is 0.902. The lowest BCUT2D eigenvalue weighted by molar-refractivity contribution is -0.141. The van der Waals surface area contributed by atoms with Crippen LogP contribution in [0.3, 0.4) is 0 Å². The number of piperidine rings is 1. The molecule has 37 heavy (non-hydrogen) atoms. The number of carbonyl (C=O) groups excluding carboxylic acids is 1. The highest BCUT2D eigenvalue weighted by molar-refractivity contribution is 6.03. The maximum absolute atomic E-state index is 13.5. The molecule has 194 valence electrons. The Hall–Kier alpha value is -3.40. The minimum Gasteiger partial charge on any atom is -0.464 e. The molecule has 6 rings (SSSR count). The molecule has 1 aromatic carbocycles. The topological polar surface area (TPSA) is 84.4 Å². The Labute approximate surface area is 210 Å². The third-order valence-corrected chi connectivity index (χ3v) is 8.19. The minimum atomic E-state index is -4.50. The van der Waals surface area contributed by atoms with Crippen molar-refractivity contribution in [1.29, 1.82) is 0 Å². The van der Waals surface area contributed by atoms with Crippen molar-refractivity contribution in [2.75, 3.05) is 13.1 Å². The Morgan fingerprint density at radius 2 is 1.89 bits per heavy atom. The summed E-state index contributed by atoms with van der Waals surface area (Å²) in [5, 5.41) is 16.7. The number of aromatic nitrogens is 3. The highest BCUT2D eigenvalue weighted by Gasteiger charge is 2.55. The van der Waals surface area contributed by atoms with Crippen molar-refractivity contribution in [3.05, 3.63) is 48.5 Å². The molecule has 4 aromatic rings. The van der Waals surface area contributed by atoms with Gasteiger partial charge in [0.15, 0.2) is 0 Å². The van der Waals surface area contributed by atoms with Gasteiger partial charge < -0.3 is 14.4 Å². The van der Waals surface area contributed by atoms with E-state index < -0.39 is 18.3 Å². The van der Waals surface area contributed by atoms with Crippen LogP contribution in [0.5, 0.6) is 0 Å². The van der Waals surface area contributed by atoms with Gasteiger partial charge in [-0.1, -0.05) is 32.0 Å². The first-order chi connectivity index (χ1) is 17.6. The molecule has 2 bridgehead atoms. The van der Waals surface area contributed by atoms with Crippen LogP contribution < -0.4 is 0 Å². The van der Waals surface area contributed by atoms with Crippen LogP contribution in [0.15, 0.2) is 47.2 Å². The van der Waals surface area contributed by atoms with Crippen molar-refractivity contribution in [2.24, 2.45) is 17.8 Å². The van der Waals surface area contributed by atoms with Crippen LogP contribution in [0.1, 0.15) is 37.2 Å². The van der Waals surface area contributed by atoms with Crippen molar-refractivity contribution >= 4 is 27.8 Å². The number of carbonyl (C=O) groups is 1. The maximum atomic E-state index is 13.5. The number of hydrogen-bond acceptors (Lipinski definition) is 5. The Bertz CT molecular complexity index is 1490. The second-order valence-corrected chi connectivity index (χ2v) is 10.6. The van der Waals surface area contributed by atoms with Crippen LogP contribution in [0.4, 0.5) is 13.2 Å². The highest BCUT2D eigenvalue weighted by Crippen LogP contribution is 2.49. The summed E-state index contributed by atoms with van der Waals surface area (Å²) in [6.45, 7) is 3.50. The van der Waals surface area contributed by atoms with Crippen LogP contribution in [0, 0.1) is 17.8 Å². The fourth-order valence-electron chi connectivity index (χ4n) is 6.39. The lowest BCUT2D eigenvalue weighted by atomic mass is 9.73. The van der Waals surface area contributed by atoms with Crippen LogP contribution in [0.25, 0.3) is 33.1 Å². The number of pyridine rings is 1. The molecule has 2 unspecified atom stereocenters. The average Bonchev–Trinajstić information content (AvgIpc) is 3.46. The monoisotopic (exact) mass is 512 g/mol. The van der Waals surface area contributed by atoms with E-state index in [9.17, 15) is 23.1 Å². The second kappa shape index (κ2) is 8.31. The van der Waals surface area contributed by atoms with Gasteiger partial charge in [-0.15, -0.1) is 0 Å². The van der Waals surface area contributed by atoms with Crippen LogP contribution in [-0.4, -0.2) is 55.5 Å². The molecule has 1 saturated heterocycles. The van der Waals surface area contributed by atoms with Gasteiger partial charge in [-0.05, 0) is 30.9 Å². The summed E-state index contributed by atoms with van der Waals surface area (Å²) in [5.74, 6) is -0.336. The Morgan fingerprint density at radius 3 is 2.57 bits per heavy atom. The molecular weight excluding hydrogens is 485 g/mol. The van der Waals surface area contributed by atoms with Gasteiger partial charge in [0.1, 0.15) is 29.8 Å².